The number of hydrogen-bond acceptors (Lipinski definition) is 10. The van der Waals surface area contributed by atoms with Crippen LogP contribution in [0.2, 0.25) is 0 Å². The first-order chi connectivity index (χ1) is 20.4. The van der Waals surface area contributed by atoms with Crippen molar-refractivity contribution in [1.29, 1.82) is 0 Å². The van der Waals surface area contributed by atoms with Crippen molar-refractivity contribution >= 4 is 27.3 Å². The van der Waals surface area contributed by atoms with Crippen LogP contribution in [0.15, 0.2) is 55.1 Å². The van der Waals surface area contributed by atoms with E-state index in [1.54, 1.807) is 19.1 Å². The minimum Gasteiger partial charge on any atom is -0.390 e. The van der Waals surface area contributed by atoms with E-state index < -0.39 is 32.7 Å². The Bertz CT molecular complexity index is 1750. The number of nitrogens with zero attached hydrogens (tertiary/aromatic N) is 6. The molecule has 0 amide bonds. The third-order valence-electron chi connectivity index (χ3n) is 7.58. The molecular weight excluding hydrogens is 585 g/mol. The van der Waals surface area contributed by atoms with Gasteiger partial charge in [-0.3, -0.25) is 0 Å². The zero-order valence-corrected chi connectivity index (χ0v) is 23.9. The molecule has 0 spiro atoms. The fraction of sp³-hybridized carbons (Fsp3) is 0.393. The Hall–Kier alpha value is -4.11. The quantitative estimate of drug-likeness (QED) is 0.248. The van der Waals surface area contributed by atoms with Gasteiger partial charge in [-0.25, -0.2) is 28.4 Å². The number of rotatable bonds is 8. The van der Waals surface area contributed by atoms with Crippen LogP contribution in [0.4, 0.5) is 30.5 Å². The molecule has 2 saturated carbocycles. The van der Waals surface area contributed by atoms with Crippen molar-refractivity contribution < 1.29 is 26.7 Å². The Morgan fingerprint density at radius 1 is 1.02 bits per heavy atom. The Balaban J connectivity index is 1.28. The van der Waals surface area contributed by atoms with Gasteiger partial charge >= 0.3 is 6.18 Å². The van der Waals surface area contributed by atoms with Crippen molar-refractivity contribution in [3.8, 4) is 22.6 Å². The molecule has 4 aromatic rings. The van der Waals surface area contributed by atoms with E-state index in [4.69, 9.17) is 0 Å². The van der Waals surface area contributed by atoms with E-state index in [1.807, 2.05) is 0 Å². The summed E-state index contributed by atoms with van der Waals surface area (Å²) in [7, 11) is -3.54. The fourth-order valence-electron chi connectivity index (χ4n) is 4.97. The Kier molecular flexibility index (Phi) is 7.32. The molecule has 0 atom stereocenters. The lowest BCUT2D eigenvalue weighted by molar-refractivity contribution is -0.141. The lowest BCUT2D eigenvalue weighted by atomic mass is 9.83. The van der Waals surface area contributed by atoms with Gasteiger partial charge in [-0.1, -0.05) is 6.07 Å². The molecule has 0 radical (unpaired) electrons. The number of aromatic nitrogens is 6. The summed E-state index contributed by atoms with van der Waals surface area (Å²) >= 11 is 0. The normalized spacial score (nSPS) is 21.0. The Morgan fingerprint density at radius 3 is 2.51 bits per heavy atom. The van der Waals surface area contributed by atoms with Crippen LogP contribution >= 0.6 is 0 Å². The average Bonchev–Trinajstić information content (AvgIpc) is 3.71. The van der Waals surface area contributed by atoms with Gasteiger partial charge in [0.05, 0.1) is 34.5 Å². The molecule has 0 aromatic carbocycles. The molecule has 11 nitrogen and oxygen atoms in total. The van der Waals surface area contributed by atoms with Gasteiger partial charge in [0.25, 0.3) is 10.0 Å². The van der Waals surface area contributed by atoms with Gasteiger partial charge in [0.1, 0.15) is 17.3 Å². The molecule has 2 aliphatic carbocycles. The topological polar surface area (TPSA) is 148 Å². The summed E-state index contributed by atoms with van der Waals surface area (Å²) in [5.74, 6) is 0.970. The molecule has 0 saturated heterocycles. The lowest BCUT2D eigenvalue weighted by Crippen LogP contribution is -2.35. The SMILES string of the molecule is CC1(O)CCC(Nc2cc(Nc3ccnc(-c4cnn(S(=O)(=O)C5CC5)c4)n3)ncc2-c2cccc(C(F)(F)F)n2)CC1. The van der Waals surface area contributed by atoms with Gasteiger partial charge in [0.15, 0.2) is 5.82 Å². The van der Waals surface area contributed by atoms with E-state index in [0.717, 1.165) is 10.2 Å². The summed E-state index contributed by atoms with van der Waals surface area (Å²) in [6, 6.07) is 6.98. The van der Waals surface area contributed by atoms with Crippen molar-refractivity contribution in [3.63, 3.8) is 0 Å². The molecule has 0 bridgehead atoms. The van der Waals surface area contributed by atoms with Gasteiger partial charge in [-0.05, 0) is 63.6 Å². The number of anilines is 3. The summed E-state index contributed by atoms with van der Waals surface area (Å²) < 4.78 is 66.2. The first-order valence-electron chi connectivity index (χ1n) is 13.8. The smallest absolute Gasteiger partial charge is 0.390 e. The largest absolute Gasteiger partial charge is 0.433 e. The van der Waals surface area contributed by atoms with Gasteiger partial charge in [0, 0.05) is 35.8 Å². The van der Waals surface area contributed by atoms with Gasteiger partial charge in [0.2, 0.25) is 0 Å². The standard InChI is InChI=1S/C28H29F3N8O3S/c1-27(40)10-7-18(8-11-27)35-22-13-25(33-15-20(22)21-3-2-4-23(36-21)28(29,30)31)37-24-9-12-32-26(38-24)17-14-34-39(16-17)43(41,42)19-5-6-19/h2-4,9,12-16,18-19,40H,5-8,10-11H2,1H3,(H2,32,33,35,37,38). The molecular formula is C28H29F3N8O3S. The number of nitrogens with one attached hydrogen (secondary N) is 2. The molecule has 15 heteroatoms. The predicted octanol–water partition coefficient (Wildman–Crippen LogP) is 5.01. The number of pyridine rings is 2. The van der Waals surface area contributed by atoms with Crippen molar-refractivity contribution in [2.24, 2.45) is 0 Å². The van der Waals surface area contributed by atoms with Gasteiger partial charge < -0.3 is 15.7 Å². The highest BCUT2D eigenvalue weighted by atomic mass is 32.2. The van der Waals surface area contributed by atoms with Crippen molar-refractivity contribution in [2.45, 2.75) is 68.5 Å². The fourth-order valence-corrected chi connectivity index (χ4v) is 6.45. The first kappa shape index (κ1) is 29.0. The highest BCUT2D eigenvalue weighted by Gasteiger charge is 2.38. The van der Waals surface area contributed by atoms with Crippen LogP contribution in [-0.2, 0) is 16.2 Å². The monoisotopic (exact) mass is 614 g/mol. The van der Waals surface area contributed by atoms with Crippen LogP contribution in [0.3, 0.4) is 0 Å². The zero-order valence-electron chi connectivity index (χ0n) is 23.1. The average molecular weight is 615 g/mol. The number of alkyl halides is 3. The summed E-state index contributed by atoms with van der Waals surface area (Å²) in [6.45, 7) is 1.79. The van der Waals surface area contributed by atoms with Crippen molar-refractivity contribution in [2.75, 3.05) is 10.6 Å². The van der Waals surface area contributed by atoms with Crippen LogP contribution in [0.1, 0.15) is 51.1 Å². The number of aliphatic hydroxyl groups is 1. The van der Waals surface area contributed by atoms with Crippen LogP contribution in [0.5, 0.6) is 0 Å². The molecule has 4 heterocycles. The van der Waals surface area contributed by atoms with E-state index in [-0.39, 0.29) is 17.6 Å². The Morgan fingerprint density at radius 2 is 1.79 bits per heavy atom. The summed E-state index contributed by atoms with van der Waals surface area (Å²) in [6.07, 6.45) is 4.86. The minimum absolute atomic E-state index is 0.0193. The number of hydrogen-bond donors (Lipinski definition) is 3. The Labute approximate surface area is 245 Å². The third-order valence-corrected chi connectivity index (χ3v) is 9.61. The van der Waals surface area contributed by atoms with Crippen molar-refractivity contribution in [3.05, 3.63) is 60.8 Å². The minimum atomic E-state index is -4.60. The molecule has 6 rings (SSSR count). The maximum absolute atomic E-state index is 13.4. The molecule has 2 fully saturated rings. The zero-order chi connectivity index (χ0) is 30.4. The maximum Gasteiger partial charge on any atom is 0.433 e. The number of halogens is 3. The van der Waals surface area contributed by atoms with Crippen LogP contribution in [0, 0.1) is 0 Å². The first-order valence-corrected chi connectivity index (χ1v) is 15.3. The highest BCUT2D eigenvalue weighted by molar-refractivity contribution is 7.90. The van der Waals surface area contributed by atoms with Gasteiger partial charge in [-0.15, -0.1) is 0 Å². The molecule has 2 aliphatic rings. The summed E-state index contributed by atoms with van der Waals surface area (Å²) in [4.78, 5) is 17.0. The second kappa shape index (κ2) is 10.9. The van der Waals surface area contributed by atoms with E-state index in [0.29, 0.717) is 67.0 Å². The predicted molar refractivity (Wildman–Crippen MR) is 153 cm³/mol. The molecule has 4 aromatic heterocycles. The molecule has 0 aliphatic heterocycles. The van der Waals surface area contributed by atoms with Crippen LogP contribution in [0.25, 0.3) is 22.6 Å². The third kappa shape index (κ3) is 6.46. The second-order valence-corrected chi connectivity index (χ2v) is 13.2. The van der Waals surface area contributed by atoms with E-state index in [2.05, 4.69) is 35.7 Å². The second-order valence-electron chi connectivity index (χ2n) is 11.2. The molecule has 3 N–H and O–H groups in total. The van der Waals surface area contributed by atoms with E-state index >= 15 is 0 Å². The van der Waals surface area contributed by atoms with Crippen LogP contribution < -0.4 is 10.6 Å². The lowest BCUT2D eigenvalue weighted by Gasteiger charge is -2.34. The van der Waals surface area contributed by atoms with Gasteiger partial charge in [-0.2, -0.15) is 22.4 Å². The summed E-state index contributed by atoms with van der Waals surface area (Å²) in [5.41, 5.74) is -0.311. The highest BCUT2D eigenvalue weighted by Crippen LogP contribution is 2.36. The van der Waals surface area contributed by atoms with E-state index in [1.165, 1.54) is 36.9 Å². The molecule has 0 unspecified atom stereocenters. The van der Waals surface area contributed by atoms with Crippen LogP contribution in [-0.4, -0.2) is 59.5 Å². The molecule has 43 heavy (non-hydrogen) atoms. The van der Waals surface area contributed by atoms with Crippen molar-refractivity contribution in [1.82, 2.24) is 29.1 Å². The maximum atomic E-state index is 13.4. The van der Waals surface area contributed by atoms with E-state index in [9.17, 15) is 26.7 Å². The summed E-state index contributed by atoms with van der Waals surface area (Å²) in [5, 5.41) is 20.5. The molecule has 226 valence electrons.